The van der Waals surface area contributed by atoms with Crippen LogP contribution in [0.5, 0.6) is 0 Å². The molecule has 8 nitrogen and oxygen atoms in total. The van der Waals surface area contributed by atoms with Crippen molar-refractivity contribution in [1.29, 1.82) is 0 Å². The van der Waals surface area contributed by atoms with Crippen LogP contribution in [0.25, 0.3) is 11.1 Å². The molecule has 8 heteroatoms. The lowest BCUT2D eigenvalue weighted by molar-refractivity contribution is 0.0935. The fourth-order valence-electron chi connectivity index (χ4n) is 3.98. The maximum atomic E-state index is 12.3. The molecule has 1 saturated carbocycles. The second-order valence-corrected chi connectivity index (χ2v) is 7.54. The van der Waals surface area contributed by atoms with Crippen LogP contribution in [0.15, 0.2) is 47.7 Å². The lowest BCUT2D eigenvalue weighted by atomic mass is 9.79. The Balaban J connectivity index is 1.32. The van der Waals surface area contributed by atoms with Crippen molar-refractivity contribution in [1.82, 2.24) is 30.3 Å². The van der Waals surface area contributed by atoms with Crippen molar-refractivity contribution in [3.63, 3.8) is 0 Å². The molecule has 4 rings (SSSR count). The minimum Gasteiger partial charge on any atom is -0.350 e. The maximum Gasteiger partial charge on any atom is 0.271 e. The first kappa shape index (κ1) is 19.0. The van der Waals surface area contributed by atoms with Gasteiger partial charge in [-0.15, -0.1) is 0 Å². The van der Waals surface area contributed by atoms with E-state index in [4.69, 9.17) is 0 Å². The molecule has 1 amide bonds. The number of aromatic nitrogens is 5. The number of nitrogens with one attached hydrogen (secondary N) is 2. The second kappa shape index (κ2) is 8.38. The normalized spacial score (nSPS) is 19.1. The third kappa shape index (κ3) is 4.26. The van der Waals surface area contributed by atoms with E-state index < -0.39 is 0 Å². The number of hydrogen-bond acceptors (Lipinski definition) is 5. The zero-order chi connectivity index (χ0) is 20.2. The predicted octanol–water partition coefficient (Wildman–Crippen LogP) is 2.27. The summed E-state index contributed by atoms with van der Waals surface area (Å²) >= 11 is 0. The number of pyridine rings is 1. The van der Waals surface area contributed by atoms with E-state index in [1.807, 2.05) is 18.3 Å². The summed E-state index contributed by atoms with van der Waals surface area (Å²) in [6, 6.07) is 6.83. The maximum absolute atomic E-state index is 12.3. The Hall–Kier alpha value is -3.29. The van der Waals surface area contributed by atoms with Crippen molar-refractivity contribution in [2.45, 2.75) is 31.6 Å². The van der Waals surface area contributed by atoms with Gasteiger partial charge in [0.25, 0.3) is 11.5 Å². The first-order chi connectivity index (χ1) is 14.1. The number of aromatic amines is 1. The van der Waals surface area contributed by atoms with E-state index in [0.29, 0.717) is 18.4 Å². The molecule has 0 unspecified atom stereocenters. The summed E-state index contributed by atoms with van der Waals surface area (Å²) in [7, 11) is 1.54. The van der Waals surface area contributed by atoms with Gasteiger partial charge < -0.3 is 5.32 Å². The van der Waals surface area contributed by atoms with Gasteiger partial charge in [0.05, 0.1) is 6.20 Å². The van der Waals surface area contributed by atoms with Crippen LogP contribution in [0.2, 0.25) is 0 Å². The summed E-state index contributed by atoms with van der Waals surface area (Å²) in [4.78, 5) is 27.8. The van der Waals surface area contributed by atoms with E-state index in [2.05, 4.69) is 25.6 Å². The molecule has 1 aliphatic carbocycles. The number of aryl methyl sites for hydroxylation is 1. The number of H-pyrrole nitrogens is 1. The standard InChI is InChI=1S/C21H24N6O2/c1-27-19(28)7-6-18(26-27)21(29)23-12-14-2-4-16(5-3-14)20-17(13-24-25-20)15-8-10-22-11-9-15/h6-11,13-14,16H,2-5,12H2,1H3,(H,23,29)(H,24,25). The highest BCUT2D eigenvalue weighted by atomic mass is 16.2. The molecule has 0 spiro atoms. The third-order valence-electron chi connectivity index (χ3n) is 5.66. The molecule has 0 saturated heterocycles. The Morgan fingerprint density at radius 1 is 1.17 bits per heavy atom. The first-order valence-corrected chi connectivity index (χ1v) is 9.88. The van der Waals surface area contributed by atoms with Crippen LogP contribution in [0.1, 0.15) is 47.8 Å². The van der Waals surface area contributed by atoms with Gasteiger partial charge in [-0.25, -0.2) is 4.68 Å². The lowest BCUT2D eigenvalue weighted by Crippen LogP contribution is -2.33. The fourth-order valence-corrected chi connectivity index (χ4v) is 3.98. The number of hydrogen-bond donors (Lipinski definition) is 2. The van der Waals surface area contributed by atoms with Crippen LogP contribution in [0.3, 0.4) is 0 Å². The summed E-state index contributed by atoms with van der Waals surface area (Å²) in [6.45, 7) is 0.621. The van der Waals surface area contributed by atoms with Gasteiger partial charge in [-0.05, 0) is 55.4 Å². The van der Waals surface area contributed by atoms with Gasteiger partial charge in [0.2, 0.25) is 0 Å². The predicted molar refractivity (Wildman–Crippen MR) is 108 cm³/mol. The molecular weight excluding hydrogens is 368 g/mol. The molecule has 3 aromatic heterocycles. The van der Waals surface area contributed by atoms with Crippen LogP contribution in [-0.2, 0) is 7.05 Å². The molecule has 1 fully saturated rings. The van der Waals surface area contributed by atoms with Gasteiger partial charge in [0, 0.05) is 49.2 Å². The van der Waals surface area contributed by atoms with Gasteiger partial charge >= 0.3 is 0 Å². The van der Waals surface area contributed by atoms with Gasteiger partial charge in [0.1, 0.15) is 5.69 Å². The number of carbonyl (C=O) groups excluding carboxylic acids is 1. The molecule has 3 heterocycles. The summed E-state index contributed by atoms with van der Waals surface area (Å²) in [5.74, 6) is 0.643. The van der Waals surface area contributed by atoms with E-state index in [0.717, 1.165) is 36.8 Å². The SMILES string of the molecule is Cn1nc(C(=O)NCC2CCC(c3[nH]ncc3-c3ccncc3)CC2)ccc1=O. The van der Waals surface area contributed by atoms with E-state index in [9.17, 15) is 9.59 Å². The summed E-state index contributed by atoms with van der Waals surface area (Å²) in [5.41, 5.74) is 3.49. The van der Waals surface area contributed by atoms with E-state index in [-0.39, 0.29) is 17.2 Å². The van der Waals surface area contributed by atoms with E-state index >= 15 is 0 Å². The Kier molecular flexibility index (Phi) is 5.50. The Labute approximate surface area is 168 Å². The van der Waals surface area contributed by atoms with E-state index in [1.54, 1.807) is 12.4 Å². The van der Waals surface area contributed by atoms with Crippen LogP contribution in [-0.4, -0.2) is 37.4 Å². The highest BCUT2D eigenvalue weighted by Crippen LogP contribution is 2.38. The molecule has 0 aromatic carbocycles. The summed E-state index contributed by atoms with van der Waals surface area (Å²) in [5, 5.41) is 14.4. The highest BCUT2D eigenvalue weighted by molar-refractivity contribution is 5.91. The highest BCUT2D eigenvalue weighted by Gasteiger charge is 2.26. The van der Waals surface area contributed by atoms with Gasteiger partial charge in [0.15, 0.2) is 0 Å². The zero-order valence-corrected chi connectivity index (χ0v) is 16.3. The topological polar surface area (TPSA) is 106 Å². The van der Waals surface area contributed by atoms with E-state index in [1.165, 1.54) is 29.6 Å². The van der Waals surface area contributed by atoms with Crippen LogP contribution < -0.4 is 10.9 Å². The first-order valence-electron chi connectivity index (χ1n) is 9.88. The lowest BCUT2D eigenvalue weighted by Gasteiger charge is -2.28. The minimum absolute atomic E-state index is 0.232. The van der Waals surface area contributed by atoms with Crippen molar-refractivity contribution in [2.24, 2.45) is 13.0 Å². The molecular formula is C21H24N6O2. The largest absolute Gasteiger partial charge is 0.350 e. The number of carbonyl (C=O) groups is 1. The van der Waals surface area contributed by atoms with Gasteiger partial charge in [-0.3, -0.25) is 19.7 Å². The van der Waals surface area contributed by atoms with Crippen LogP contribution in [0.4, 0.5) is 0 Å². The minimum atomic E-state index is -0.240. The average molecular weight is 392 g/mol. The summed E-state index contributed by atoms with van der Waals surface area (Å²) < 4.78 is 1.17. The molecule has 2 N–H and O–H groups in total. The molecule has 1 aliphatic rings. The smallest absolute Gasteiger partial charge is 0.271 e. The number of rotatable bonds is 5. The van der Waals surface area contributed by atoms with Crippen LogP contribution >= 0.6 is 0 Å². The summed E-state index contributed by atoms with van der Waals surface area (Å²) in [6.07, 6.45) is 9.67. The number of nitrogens with zero attached hydrogens (tertiary/aromatic N) is 4. The van der Waals surface area contributed by atoms with Gasteiger partial charge in [-0.2, -0.15) is 10.2 Å². The Morgan fingerprint density at radius 3 is 2.66 bits per heavy atom. The van der Waals surface area contributed by atoms with Crippen molar-refractivity contribution in [3.8, 4) is 11.1 Å². The fraction of sp³-hybridized carbons (Fsp3) is 0.381. The molecule has 150 valence electrons. The third-order valence-corrected chi connectivity index (χ3v) is 5.66. The zero-order valence-electron chi connectivity index (χ0n) is 16.3. The van der Waals surface area contributed by atoms with Crippen LogP contribution in [0, 0.1) is 5.92 Å². The van der Waals surface area contributed by atoms with Gasteiger partial charge in [-0.1, -0.05) is 0 Å². The molecule has 29 heavy (non-hydrogen) atoms. The Morgan fingerprint density at radius 2 is 1.93 bits per heavy atom. The molecule has 0 bridgehead atoms. The monoisotopic (exact) mass is 392 g/mol. The van der Waals surface area contributed by atoms with Crippen molar-refractivity contribution >= 4 is 5.91 Å². The quantitative estimate of drug-likeness (QED) is 0.693. The van der Waals surface area contributed by atoms with Crippen molar-refractivity contribution in [2.75, 3.05) is 6.54 Å². The number of amides is 1. The Bertz CT molecular complexity index is 1030. The van der Waals surface area contributed by atoms with Crippen molar-refractivity contribution in [3.05, 3.63) is 64.6 Å². The van der Waals surface area contributed by atoms with Crippen molar-refractivity contribution < 1.29 is 4.79 Å². The molecule has 0 radical (unpaired) electrons. The molecule has 0 atom stereocenters. The second-order valence-electron chi connectivity index (χ2n) is 7.54. The molecule has 0 aliphatic heterocycles. The average Bonchev–Trinajstić information content (AvgIpc) is 3.25. The molecule has 3 aromatic rings.